The van der Waals surface area contributed by atoms with Crippen molar-refractivity contribution >= 4 is 28.9 Å². The van der Waals surface area contributed by atoms with Crippen molar-refractivity contribution in [2.45, 2.75) is 33.1 Å². The summed E-state index contributed by atoms with van der Waals surface area (Å²) in [5, 5.41) is 3.62. The summed E-state index contributed by atoms with van der Waals surface area (Å²) in [6.45, 7) is 5.71. The molecular formula is C23H24N2O3S. The molecule has 0 spiro atoms. The molecule has 6 heteroatoms. The molecule has 29 heavy (non-hydrogen) atoms. The van der Waals surface area contributed by atoms with E-state index in [2.05, 4.69) is 24.1 Å². The first-order chi connectivity index (χ1) is 14.0. The van der Waals surface area contributed by atoms with E-state index in [1.807, 2.05) is 61.5 Å². The largest absolute Gasteiger partial charge is 0.451 e. The molecule has 1 atom stereocenters. The first kappa shape index (κ1) is 20.7. The van der Waals surface area contributed by atoms with Crippen LogP contribution in [0.3, 0.4) is 0 Å². The monoisotopic (exact) mass is 408 g/mol. The highest BCUT2D eigenvalue weighted by Gasteiger charge is 2.21. The van der Waals surface area contributed by atoms with Gasteiger partial charge < -0.3 is 10.1 Å². The first-order valence-corrected chi connectivity index (χ1v) is 10.4. The first-order valence-electron chi connectivity index (χ1n) is 9.58. The zero-order valence-electron chi connectivity index (χ0n) is 16.8. The topological polar surface area (TPSA) is 68.3 Å². The molecule has 0 saturated carbocycles. The van der Waals surface area contributed by atoms with E-state index in [1.54, 1.807) is 0 Å². The third-order valence-electron chi connectivity index (χ3n) is 4.68. The number of ether oxygens (including phenoxy) is 1. The van der Waals surface area contributed by atoms with Gasteiger partial charge in [0.25, 0.3) is 5.91 Å². The Hall–Kier alpha value is -2.99. The minimum absolute atomic E-state index is 0.322. The number of rotatable bonds is 7. The molecule has 1 aromatic heterocycles. The van der Waals surface area contributed by atoms with Gasteiger partial charge in [0.1, 0.15) is 4.88 Å². The third kappa shape index (κ3) is 5.09. The standard InChI is InChI=1S/C23H24N2O3S/c1-4-15(2)18-12-8-9-13-19(18)25-20(26)14-28-23(27)22-21(24-16(3)29-22)17-10-6-5-7-11-17/h5-13,15H,4,14H2,1-3H3,(H,25,26)/t15-/m0/s1. The van der Waals surface area contributed by atoms with Gasteiger partial charge >= 0.3 is 5.97 Å². The highest BCUT2D eigenvalue weighted by Crippen LogP contribution is 2.29. The molecule has 0 radical (unpaired) electrons. The maximum atomic E-state index is 12.6. The predicted octanol–water partition coefficient (Wildman–Crippen LogP) is 5.43. The number of anilines is 1. The van der Waals surface area contributed by atoms with Crippen LogP contribution in [0.5, 0.6) is 0 Å². The molecule has 1 amide bonds. The lowest BCUT2D eigenvalue weighted by Crippen LogP contribution is -2.21. The molecule has 0 unspecified atom stereocenters. The van der Waals surface area contributed by atoms with Crippen molar-refractivity contribution in [2.75, 3.05) is 11.9 Å². The number of amides is 1. The van der Waals surface area contributed by atoms with E-state index >= 15 is 0 Å². The predicted molar refractivity (Wildman–Crippen MR) is 116 cm³/mol. The van der Waals surface area contributed by atoms with Crippen molar-refractivity contribution in [3.05, 3.63) is 70.0 Å². The Balaban J connectivity index is 1.67. The highest BCUT2D eigenvalue weighted by atomic mass is 32.1. The van der Waals surface area contributed by atoms with E-state index < -0.39 is 5.97 Å². The van der Waals surface area contributed by atoms with E-state index in [0.29, 0.717) is 16.5 Å². The van der Waals surface area contributed by atoms with E-state index in [9.17, 15) is 9.59 Å². The number of aromatic nitrogens is 1. The number of hydrogen-bond donors (Lipinski definition) is 1. The third-order valence-corrected chi connectivity index (χ3v) is 5.63. The lowest BCUT2D eigenvalue weighted by atomic mass is 9.97. The van der Waals surface area contributed by atoms with Crippen LogP contribution in [0.25, 0.3) is 11.3 Å². The van der Waals surface area contributed by atoms with Crippen molar-refractivity contribution in [2.24, 2.45) is 0 Å². The fraction of sp³-hybridized carbons (Fsp3) is 0.261. The van der Waals surface area contributed by atoms with Crippen molar-refractivity contribution in [1.82, 2.24) is 4.98 Å². The Bertz CT molecular complexity index is 998. The van der Waals surface area contributed by atoms with Crippen LogP contribution < -0.4 is 5.32 Å². The van der Waals surface area contributed by atoms with Gasteiger partial charge in [0, 0.05) is 11.3 Å². The van der Waals surface area contributed by atoms with Gasteiger partial charge in [-0.1, -0.05) is 62.4 Å². The number of carbonyl (C=O) groups excluding carboxylic acids is 2. The number of para-hydroxylation sites is 1. The summed E-state index contributed by atoms with van der Waals surface area (Å²) in [5.41, 5.74) is 3.25. The van der Waals surface area contributed by atoms with Crippen LogP contribution in [0.2, 0.25) is 0 Å². The van der Waals surface area contributed by atoms with Gasteiger partial charge in [0.15, 0.2) is 6.61 Å². The molecule has 5 nitrogen and oxygen atoms in total. The molecule has 0 bridgehead atoms. The van der Waals surface area contributed by atoms with E-state index in [-0.39, 0.29) is 12.5 Å². The summed E-state index contributed by atoms with van der Waals surface area (Å²) in [7, 11) is 0. The Morgan fingerprint density at radius 1 is 1.10 bits per heavy atom. The van der Waals surface area contributed by atoms with Gasteiger partial charge in [-0.2, -0.15) is 0 Å². The number of nitrogens with zero attached hydrogens (tertiary/aromatic N) is 1. The molecule has 0 aliphatic carbocycles. The van der Waals surface area contributed by atoms with Gasteiger partial charge in [0.05, 0.1) is 10.7 Å². The minimum atomic E-state index is -0.542. The molecular weight excluding hydrogens is 384 g/mol. The Kier molecular flexibility index (Phi) is 6.77. The fourth-order valence-electron chi connectivity index (χ4n) is 3.00. The van der Waals surface area contributed by atoms with Gasteiger partial charge in [-0.05, 0) is 30.9 Å². The number of carbonyl (C=O) groups is 2. The lowest BCUT2D eigenvalue weighted by molar-refractivity contribution is -0.119. The normalized spacial score (nSPS) is 11.7. The molecule has 3 aromatic rings. The Morgan fingerprint density at radius 2 is 1.79 bits per heavy atom. The Morgan fingerprint density at radius 3 is 2.52 bits per heavy atom. The summed E-state index contributed by atoms with van der Waals surface area (Å²) in [4.78, 5) is 29.8. The van der Waals surface area contributed by atoms with Crippen molar-refractivity contribution in [3.8, 4) is 11.3 Å². The maximum absolute atomic E-state index is 12.6. The molecule has 0 saturated heterocycles. The van der Waals surface area contributed by atoms with Crippen LogP contribution in [0.1, 0.15) is 46.4 Å². The van der Waals surface area contributed by atoms with Crippen LogP contribution in [-0.4, -0.2) is 23.5 Å². The van der Waals surface area contributed by atoms with E-state index in [0.717, 1.165) is 28.2 Å². The van der Waals surface area contributed by atoms with Gasteiger partial charge in [-0.3, -0.25) is 4.79 Å². The molecule has 0 aliphatic rings. The number of esters is 1. The van der Waals surface area contributed by atoms with Crippen LogP contribution in [0.15, 0.2) is 54.6 Å². The van der Waals surface area contributed by atoms with Crippen molar-refractivity contribution < 1.29 is 14.3 Å². The number of nitrogens with one attached hydrogen (secondary N) is 1. The zero-order chi connectivity index (χ0) is 20.8. The lowest BCUT2D eigenvalue weighted by Gasteiger charge is -2.15. The van der Waals surface area contributed by atoms with Crippen LogP contribution in [-0.2, 0) is 9.53 Å². The molecule has 150 valence electrons. The van der Waals surface area contributed by atoms with E-state index in [1.165, 1.54) is 11.3 Å². The summed E-state index contributed by atoms with van der Waals surface area (Å²) in [5.74, 6) is -0.584. The quantitative estimate of drug-likeness (QED) is 0.530. The molecule has 1 N–H and O–H groups in total. The second kappa shape index (κ2) is 9.47. The fourth-order valence-corrected chi connectivity index (χ4v) is 3.84. The Labute approximate surface area is 174 Å². The summed E-state index contributed by atoms with van der Waals surface area (Å²) in [6.07, 6.45) is 0.967. The van der Waals surface area contributed by atoms with Crippen LogP contribution in [0.4, 0.5) is 5.69 Å². The number of benzene rings is 2. The van der Waals surface area contributed by atoms with Gasteiger partial charge in [-0.25, -0.2) is 9.78 Å². The molecule has 0 aliphatic heterocycles. The van der Waals surface area contributed by atoms with Crippen LogP contribution >= 0.6 is 11.3 Å². The van der Waals surface area contributed by atoms with Gasteiger partial charge in [0.2, 0.25) is 0 Å². The summed E-state index contributed by atoms with van der Waals surface area (Å²) < 4.78 is 5.28. The second-order valence-electron chi connectivity index (χ2n) is 6.80. The van der Waals surface area contributed by atoms with Gasteiger partial charge in [-0.15, -0.1) is 11.3 Å². The summed E-state index contributed by atoms with van der Waals surface area (Å²) in [6, 6.07) is 17.2. The maximum Gasteiger partial charge on any atom is 0.351 e. The average molecular weight is 409 g/mol. The van der Waals surface area contributed by atoms with E-state index in [4.69, 9.17) is 4.74 Å². The zero-order valence-corrected chi connectivity index (χ0v) is 17.6. The van der Waals surface area contributed by atoms with Crippen molar-refractivity contribution in [1.29, 1.82) is 0 Å². The van der Waals surface area contributed by atoms with Crippen molar-refractivity contribution in [3.63, 3.8) is 0 Å². The molecule has 0 fully saturated rings. The molecule has 2 aromatic carbocycles. The number of aryl methyl sites for hydroxylation is 1. The number of hydrogen-bond acceptors (Lipinski definition) is 5. The SMILES string of the molecule is CC[C@H](C)c1ccccc1NC(=O)COC(=O)c1sc(C)nc1-c1ccccc1. The molecule has 1 heterocycles. The molecule has 3 rings (SSSR count). The minimum Gasteiger partial charge on any atom is -0.451 e. The van der Waals surface area contributed by atoms with Crippen LogP contribution in [0, 0.1) is 6.92 Å². The average Bonchev–Trinajstić information content (AvgIpc) is 3.14. The summed E-state index contributed by atoms with van der Waals surface area (Å²) >= 11 is 1.26. The highest BCUT2D eigenvalue weighted by molar-refractivity contribution is 7.14. The number of thiazole rings is 1. The second-order valence-corrected chi connectivity index (χ2v) is 8.00. The smallest absolute Gasteiger partial charge is 0.351 e.